The summed E-state index contributed by atoms with van der Waals surface area (Å²) in [6.45, 7) is 6.06. The quantitative estimate of drug-likeness (QED) is 0.914. The number of aliphatic hydroxyl groups excluding tert-OH is 1. The van der Waals surface area contributed by atoms with E-state index >= 15 is 0 Å². The molecule has 2 saturated carbocycles. The molecule has 3 fully saturated rings. The van der Waals surface area contributed by atoms with E-state index in [0.717, 1.165) is 19.6 Å². The van der Waals surface area contributed by atoms with E-state index < -0.39 is 0 Å². The third-order valence-corrected chi connectivity index (χ3v) is 7.65. The van der Waals surface area contributed by atoms with E-state index in [2.05, 4.69) is 43.2 Å². The fourth-order valence-electron chi connectivity index (χ4n) is 6.14. The standard InChI is InChI=1S/C22H28N2O2/c1-21(2)17-12-18-19(26-11-8-22(18,13-17)20(21)25)16-6-4-15(5-7-16)14-24-10-3-9-23-24/h3-7,9-10,17-20,25H,8,11-14H2,1-2H3/t17-,18-,19-,20-,22+/m1/s1. The maximum atomic E-state index is 11.1. The van der Waals surface area contributed by atoms with Gasteiger partial charge in [0.25, 0.3) is 0 Å². The van der Waals surface area contributed by atoms with Crippen LogP contribution in [0.3, 0.4) is 0 Å². The lowest BCUT2D eigenvalue weighted by Crippen LogP contribution is -2.51. The second-order valence-electron chi connectivity index (χ2n) is 9.19. The lowest BCUT2D eigenvalue weighted by Gasteiger charge is -2.51. The number of ether oxygens (including phenoxy) is 1. The number of fused-ring (bicyclic) bond motifs is 1. The largest absolute Gasteiger partial charge is 0.392 e. The molecular weight excluding hydrogens is 324 g/mol. The van der Waals surface area contributed by atoms with Gasteiger partial charge in [0, 0.05) is 24.4 Å². The second kappa shape index (κ2) is 5.67. The van der Waals surface area contributed by atoms with Gasteiger partial charge in [0.05, 0.1) is 18.8 Å². The maximum Gasteiger partial charge on any atom is 0.0859 e. The first-order chi connectivity index (χ1) is 12.5. The predicted octanol–water partition coefficient (Wildman–Crippen LogP) is 3.81. The zero-order valence-electron chi connectivity index (χ0n) is 15.6. The van der Waals surface area contributed by atoms with Crippen LogP contribution >= 0.6 is 0 Å². The van der Waals surface area contributed by atoms with Gasteiger partial charge in [-0.3, -0.25) is 4.68 Å². The molecule has 26 heavy (non-hydrogen) atoms. The summed E-state index contributed by atoms with van der Waals surface area (Å²) in [6.07, 6.45) is 7.08. The van der Waals surface area contributed by atoms with Gasteiger partial charge in [0.1, 0.15) is 0 Å². The van der Waals surface area contributed by atoms with Crippen molar-refractivity contribution in [3.8, 4) is 0 Å². The Morgan fingerprint density at radius 2 is 2.08 bits per heavy atom. The zero-order valence-corrected chi connectivity index (χ0v) is 15.6. The van der Waals surface area contributed by atoms with E-state index in [0.29, 0.717) is 11.8 Å². The molecule has 2 aliphatic carbocycles. The Hall–Kier alpha value is -1.65. The zero-order chi connectivity index (χ0) is 17.9. The third-order valence-electron chi connectivity index (χ3n) is 7.65. The lowest BCUT2D eigenvalue weighted by atomic mass is 9.60. The molecule has 0 amide bonds. The van der Waals surface area contributed by atoms with E-state index in [1.54, 1.807) is 0 Å². The van der Waals surface area contributed by atoms with Crippen LogP contribution in [0, 0.1) is 22.7 Å². The number of nitrogens with zero attached hydrogens (tertiary/aromatic N) is 2. The summed E-state index contributed by atoms with van der Waals surface area (Å²) in [7, 11) is 0. The Labute approximate surface area is 155 Å². The molecule has 4 heteroatoms. The van der Waals surface area contributed by atoms with E-state index in [4.69, 9.17) is 4.74 Å². The van der Waals surface area contributed by atoms with Crippen molar-refractivity contribution in [2.75, 3.05) is 6.61 Å². The van der Waals surface area contributed by atoms with Crippen molar-refractivity contribution < 1.29 is 9.84 Å². The molecule has 5 atom stereocenters. The monoisotopic (exact) mass is 352 g/mol. The van der Waals surface area contributed by atoms with E-state index in [-0.39, 0.29) is 23.0 Å². The molecule has 138 valence electrons. The van der Waals surface area contributed by atoms with Crippen LogP contribution in [0.2, 0.25) is 0 Å². The minimum absolute atomic E-state index is 0.0476. The Kier molecular flexibility index (Phi) is 3.60. The van der Waals surface area contributed by atoms with Crippen LogP contribution in [0.15, 0.2) is 42.7 Å². The van der Waals surface area contributed by atoms with Crippen molar-refractivity contribution >= 4 is 0 Å². The topological polar surface area (TPSA) is 47.3 Å². The van der Waals surface area contributed by atoms with Gasteiger partial charge in [-0.15, -0.1) is 0 Å². The summed E-state index contributed by atoms with van der Waals surface area (Å²) in [6, 6.07) is 10.8. The minimum atomic E-state index is -0.204. The summed E-state index contributed by atoms with van der Waals surface area (Å²) in [5, 5.41) is 15.4. The average Bonchev–Trinajstić information content (AvgIpc) is 3.32. The van der Waals surface area contributed by atoms with Crippen molar-refractivity contribution in [1.29, 1.82) is 0 Å². The highest BCUT2D eigenvalue weighted by Gasteiger charge is 2.67. The number of benzene rings is 1. The molecule has 5 rings (SSSR count). The first-order valence-electron chi connectivity index (χ1n) is 9.87. The molecule has 2 bridgehead atoms. The molecule has 3 aliphatic rings. The van der Waals surface area contributed by atoms with Crippen LogP contribution in [0.1, 0.15) is 50.3 Å². The Morgan fingerprint density at radius 1 is 1.27 bits per heavy atom. The highest BCUT2D eigenvalue weighted by Crippen LogP contribution is 2.70. The van der Waals surface area contributed by atoms with Crippen LogP contribution < -0.4 is 0 Å². The molecule has 1 saturated heterocycles. The highest BCUT2D eigenvalue weighted by atomic mass is 16.5. The molecule has 4 nitrogen and oxygen atoms in total. The summed E-state index contributed by atoms with van der Waals surface area (Å²) in [4.78, 5) is 0. The van der Waals surface area contributed by atoms with Gasteiger partial charge in [-0.25, -0.2) is 0 Å². The fourth-order valence-corrected chi connectivity index (χ4v) is 6.14. The first kappa shape index (κ1) is 16.5. The molecule has 1 N–H and O–H groups in total. The van der Waals surface area contributed by atoms with Gasteiger partial charge in [-0.05, 0) is 53.7 Å². The number of hydrogen-bond donors (Lipinski definition) is 1. The molecule has 0 radical (unpaired) electrons. The molecule has 1 aromatic heterocycles. The minimum Gasteiger partial charge on any atom is -0.392 e. The number of rotatable bonds is 3. The van der Waals surface area contributed by atoms with Crippen molar-refractivity contribution in [2.24, 2.45) is 22.7 Å². The van der Waals surface area contributed by atoms with Crippen LogP contribution in [-0.4, -0.2) is 27.6 Å². The molecule has 2 heterocycles. The number of aromatic nitrogens is 2. The van der Waals surface area contributed by atoms with Crippen molar-refractivity contribution in [1.82, 2.24) is 9.78 Å². The molecule has 0 unspecified atom stereocenters. The second-order valence-corrected chi connectivity index (χ2v) is 9.19. The van der Waals surface area contributed by atoms with Gasteiger partial charge in [-0.1, -0.05) is 38.1 Å². The first-order valence-corrected chi connectivity index (χ1v) is 9.87. The Morgan fingerprint density at radius 3 is 2.77 bits per heavy atom. The maximum absolute atomic E-state index is 11.1. The van der Waals surface area contributed by atoms with E-state index in [1.807, 2.05) is 23.1 Å². The fraction of sp³-hybridized carbons (Fsp3) is 0.591. The third kappa shape index (κ3) is 2.25. The van der Waals surface area contributed by atoms with Crippen LogP contribution in [0.5, 0.6) is 0 Å². The van der Waals surface area contributed by atoms with Crippen molar-refractivity contribution in [2.45, 2.75) is 51.9 Å². The van der Waals surface area contributed by atoms with Gasteiger partial charge >= 0.3 is 0 Å². The summed E-state index contributed by atoms with van der Waals surface area (Å²) < 4.78 is 8.20. The van der Waals surface area contributed by atoms with Gasteiger partial charge < -0.3 is 9.84 Å². The van der Waals surface area contributed by atoms with Crippen molar-refractivity contribution in [3.05, 3.63) is 53.9 Å². The number of hydrogen-bond acceptors (Lipinski definition) is 3. The van der Waals surface area contributed by atoms with E-state index in [9.17, 15) is 5.11 Å². The molecule has 1 aliphatic heterocycles. The smallest absolute Gasteiger partial charge is 0.0859 e. The molecular formula is C22H28N2O2. The number of aliphatic hydroxyl groups is 1. The Balaban J connectivity index is 1.39. The van der Waals surface area contributed by atoms with Crippen LogP contribution in [0.25, 0.3) is 0 Å². The van der Waals surface area contributed by atoms with Crippen molar-refractivity contribution in [3.63, 3.8) is 0 Å². The highest BCUT2D eigenvalue weighted by molar-refractivity contribution is 5.28. The SMILES string of the molecule is CC1(C)[C@@H]2C[C@@H]3[C@@H](c4ccc(Cn5cccn5)cc4)OCC[C@@]3(C2)[C@@H]1O. The lowest BCUT2D eigenvalue weighted by molar-refractivity contribution is -0.164. The van der Waals surface area contributed by atoms with Gasteiger partial charge in [-0.2, -0.15) is 5.10 Å². The molecule has 2 aromatic rings. The summed E-state index contributed by atoms with van der Waals surface area (Å²) in [5.74, 6) is 1.06. The van der Waals surface area contributed by atoms with Crippen LogP contribution in [0.4, 0.5) is 0 Å². The summed E-state index contributed by atoms with van der Waals surface area (Å²) in [5.41, 5.74) is 2.62. The predicted molar refractivity (Wildman–Crippen MR) is 99.5 cm³/mol. The van der Waals surface area contributed by atoms with Gasteiger partial charge in [0.2, 0.25) is 0 Å². The van der Waals surface area contributed by atoms with E-state index in [1.165, 1.54) is 24.0 Å². The van der Waals surface area contributed by atoms with Crippen LogP contribution in [-0.2, 0) is 11.3 Å². The molecule has 1 aromatic carbocycles. The summed E-state index contributed by atoms with van der Waals surface area (Å²) >= 11 is 0. The molecule has 1 spiro atoms. The van der Waals surface area contributed by atoms with Gasteiger partial charge in [0.15, 0.2) is 0 Å². The normalized spacial score (nSPS) is 37.7. The Bertz CT molecular complexity index is 783. The average molecular weight is 352 g/mol.